The lowest BCUT2D eigenvalue weighted by molar-refractivity contribution is -0.138. The van der Waals surface area contributed by atoms with Gasteiger partial charge in [-0.15, -0.1) is 0 Å². The molecule has 0 N–H and O–H groups in total. The Bertz CT molecular complexity index is 912. The summed E-state index contributed by atoms with van der Waals surface area (Å²) in [6.45, 7) is 4.90. The molecule has 1 fully saturated rings. The second-order valence-corrected chi connectivity index (χ2v) is 7.85. The predicted octanol–water partition coefficient (Wildman–Crippen LogP) is 4.27. The zero-order valence-electron chi connectivity index (χ0n) is 17.3. The molecule has 2 heterocycles. The summed E-state index contributed by atoms with van der Waals surface area (Å²) in [4.78, 5) is 17.4. The summed E-state index contributed by atoms with van der Waals surface area (Å²) in [6.07, 6.45) is 1.70. The number of ether oxygens (including phenoxy) is 1. The van der Waals surface area contributed by atoms with Gasteiger partial charge in [-0.2, -0.15) is 0 Å². The molecule has 0 aliphatic carbocycles. The number of morpholine rings is 1. The molecular formula is C25H28N2O3. The molecule has 2 aromatic carbocycles. The van der Waals surface area contributed by atoms with Crippen molar-refractivity contribution in [2.45, 2.75) is 32.2 Å². The molecule has 3 aromatic rings. The van der Waals surface area contributed by atoms with Crippen molar-refractivity contribution in [1.82, 2.24) is 9.80 Å². The van der Waals surface area contributed by atoms with Crippen LogP contribution >= 0.6 is 0 Å². The number of carbonyl (C=O) groups excluding carboxylic acids is 1. The molecule has 0 bridgehead atoms. The highest BCUT2D eigenvalue weighted by atomic mass is 16.5. The highest BCUT2D eigenvalue weighted by Crippen LogP contribution is 2.25. The van der Waals surface area contributed by atoms with E-state index in [1.807, 2.05) is 65.6 Å². The summed E-state index contributed by atoms with van der Waals surface area (Å²) < 4.78 is 11.7. The third kappa shape index (κ3) is 5.38. The Labute approximate surface area is 177 Å². The number of carbonyl (C=O) groups is 1. The third-order valence-electron chi connectivity index (χ3n) is 5.36. The van der Waals surface area contributed by atoms with Gasteiger partial charge in [-0.1, -0.05) is 60.7 Å². The van der Waals surface area contributed by atoms with E-state index in [-0.39, 0.29) is 18.1 Å². The number of hydrogen-bond acceptors (Lipinski definition) is 4. The lowest BCUT2D eigenvalue weighted by Gasteiger charge is -2.37. The van der Waals surface area contributed by atoms with E-state index >= 15 is 0 Å². The zero-order valence-corrected chi connectivity index (χ0v) is 17.3. The fourth-order valence-electron chi connectivity index (χ4n) is 3.94. The molecular weight excluding hydrogens is 376 g/mol. The maximum Gasteiger partial charge on any atom is 0.237 e. The van der Waals surface area contributed by atoms with Crippen molar-refractivity contribution < 1.29 is 13.9 Å². The first-order valence-electron chi connectivity index (χ1n) is 10.4. The van der Waals surface area contributed by atoms with Gasteiger partial charge in [-0.25, -0.2) is 0 Å². The zero-order chi connectivity index (χ0) is 20.8. The van der Waals surface area contributed by atoms with Crippen LogP contribution in [-0.4, -0.2) is 41.4 Å². The van der Waals surface area contributed by atoms with Crippen LogP contribution in [0.3, 0.4) is 0 Å². The monoisotopic (exact) mass is 404 g/mol. The van der Waals surface area contributed by atoms with Crippen LogP contribution in [0.15, 0.2) is 83.5 Å². The Balaban J connectivity index is 1.45. The van der Waals surface area contributed by atoms with E-state index in [9.17, 15) is 4.79 Å². The Kier molecular flexibility index (Phi) is 6.62. The number of hydrogen-bond donors (Lipinski definition) is 0. The quantitative estimate of drug-likeness (QED) is 0.590. The SMILES string of the molecule is CC1CN(CC(=O)N(Cc2ccccc2)Cc2ccco2)CC(c2ccccc2)O1. The molecule has 30 heavy (non-hydrogen) atoms. The summed E-state index contributed by atoms with van der Waals surface area (Å²) in [5.74, 6) is 0.882. The van der Waals surface area contributed by atoms with Crippen LogP contribution in [0.4, 0.5) is 0 Å². The van der Waals surface area contributed by atoms with E-state index in [1.54, 1.807) is 6.26 Å². The van der Waals surface area contributed by atoms with Crippen molar-refractivity contribution in [1.29, 1.82) is 0 Å². The maximum atomic E-state index is 13.3. The van der Waals surface area contributed by atoms with Crippen LogP contribution in [-0.2, 0) is 22.6 Å². The maximum absolute atomic E-state index is 13.3. The first-order chi connectivity index (χ1) is 14.7. The van der Waals surface area contributed by atoms with Crippen molar-refractivity contribution in [2.75, 3.05) is 19.6 Å². The van der Waals surface area contributed by atoms with Gasteiger partial charge in [0.15, 0.2) is 0 Å². The molecule has 1 aliphatic rings. The van der Waals surface area contributed by atoms with Crippen molar-refractivity contribution >= 4 is 5.91 Å². The van der Waals surface area contributed by atoms with Gasteiger partial charge in [-0.05, 0) is 30.2 Å². The molecule has 1 amide bonds. The Morgan fingerprint density at radius 1 is 0.967 bits per heavy atom. The van der Waals surface area contributed by atoms with Crippen molar-refractivity contribution in [2.24, 2.45) is 0 Å². The molecule has 5 heteroatoms. The molecule has 0 radical (unpaired) electrons. The Hall–Kier alpha value is -2.89. The number of furan rings is 1. The number of amides is 1. The van der Waals surface area contributed by atoms with Crippen LogP contribution in [0.1, 0.15) is 29.9 Å². The molecule has 1 saturated heterocycles. The highest BCUT2D eigenvalue weighted by Gasteiger charge is 2.29. The molecule has 0 spiro atoms. The van der Waals surface area contributed by atoms with E-state index in [2.05, 4.69) is 24.0 Å². The number of nitrogens with zero attached hydrogens (tertiary/aromatic N) is 2. The Morgan fingerprint density at radius 2 is 1.70 bits per heavy atom. The van der Waals surface area contributed by atoms with E-state index in [1.165, 1.54) is 0 Å². The number of benzene rings is 2. The molecule has 156 valence electrons. The summed E-state index contributed by atoms with van der Waals surface area (Å²) in [7, 11) is 0. The molecule has 2 unspecified atom stereocenters. The van der Waals surface area contributed by atoms with E-state index in [0.29, 0.717) is 26.2 Å². The van der Waals surface area contributed by atoms with Gasteiger partial charge in [0.05, 0.1) is 31.6 Å². The minimum absolute atomic E-state index is 0.0182. The second-order valence-electron chi connectivity index (χ2n) is 7.85. The molecule has 5 nitrogen and oxygen atoms in total. The molecule has 0 saturated carbocycles. The molecule has 1 aromatic heterocycles. The summed E-state index contributed by atoms with van der Waals surface area (Å²) in [6, 6.07) is 24.1. The van der Waals surface area contributed by atoms with Gasteiger partial charge in [-0.3, -0.25) is 9.69 Å². The van der Waals surface area contributed by atoms with Crippen molar-refractivity contribution in [3.8, 4) is 0 Å². The summed E-state index contributed by atoms with van der Waals surface area (Å²) in [5, 5.41) is 0. The minimum atomic E-state index is -0.0182. The summed E-state index contributed by atoms with van der Waals surface area (Å²) >= 11 is 0. The highest BCUT2D eigenvalue weighted by molar-refractivity contribution is 5.78. The fourth-order valence-corrected chi connectivity index (χ4v) is 3.94. The van der Waals surface area contributed by atoms with Gasteiger partial charge < -0.3 is 14.1 Å². The van der Waals surface area contributed by atoms with Crippen LogP contribution < -0.4 is 0 Å². The third-order valence-corrected chi connectivity index (χ3v) is 5.36. The number of rotatable bonds is 7. The summed E-state index contributed by atoms with van der Waals surface area (Å²) in [5.41, 5.74) is 2.26. The molecule has 1 aliphatic heterocycles. The standard InChI is InChI=1S/C25H28N2O3/c1-20-15-26(18-24(30-20)22-11-6-3-7-12-22)19-25(28)27(17-23-13-8-14-29-23)16-21-9-4-2-5-10-21/h2-14,20,24H,15-19H2,1H3. The van der Waals surface area contributed by atoms with Crippen molar-refractivity contribution in [3.63, 3.8) is 0 Å². The van der Waals surface area contributed by atoms with Gasteiger partial charge in [0.25, 0.3) is 0 Å². The van der Waals surface area contributed by atoms with Crippen molar-refractivity contribution in [3.05, 3.63) is 95.9 Å². The topological polar surface area (TPSA) is 45.9 Å². The van der Waals surface area contributed by atoms with Gasteiger partial charge in [0.2, 0.25) is 5.91 Å². The first-order valence-corrected chi connectivity index (χ1v) is 10.4. The van der Waals surface area contributed by atoms with E-state index in [4.69, 9.17) is 9.15 Å². The second kappa shape index (κ2) is 9.74. The van der Waals surface area contributed by atoms with Gasteiger partial charge in [0, 0.05) is 19.6 Å². The van der Waals surface area contributed by atoms with Crippen LogP contribution in [0.25, 0.3) is 0 Å². The fraction of sp³-hybridized carbons (Fsp3) is 0.320. The normalized spacial score (nSPS) is 19.5. The first kappa shape index (κ1) is 20.4. The Morgan fingerprint density at radius 3 is 2.40 bits per heavy atom. The average Bonchev–Trinajstić information content (AvgIpc) is 3.27. The van der Waals surface area contributed by atoms with Gasteiger partial charge >= 0.3 is 0 Å². The molecule has 2 atom stereocenters. The van der Waals surface area contributed by atoms with Crippen LogP contribution in [0, 0.1) is 0 Å². The van der Waals surface area contributed by atoms with E-state index in [0.717, 1.165) is 23.4 Å². The lowest BCUT2D eigenvalue weighted by Crippen LogP contribution is -2.47. The van der Waals surface area contributed by atoms with Crippen LogP contribution in [0.2, 0.25) is 0 Å². The minimum Gasteiger partial charge on any atom is -0.467 e. The van der Waals surface area contributed by atoms with Gasteiger partial charge in [0.1, 0.15) is 5.76 Å². The van der Waals surface area contributed by atoms with Crippen LogP contribution in [0.5, 0.6) is 0 Å². The predicted molar refractivity (Wildman–Crippen MR) is 116 cm³/mol. The van der Waals surface area contributed by atoms with E-state index < -0.39 is 0 Å². The smallest absolute Gasteiger partial charge is 0.237 e. The largest absolute Gasteiger partial charge is 0.467 e. The lowest BCUT2D eigenvalue weighted by atomic mass is 10.1. The molecule has 4 rings (SSSR count). The average molecular weight is 405 g/mol.